The Morgan fingerprint density at radius 2 is 1.91 bits per heavy atom. The van der Waals surface area contributed by atoms with E-state index in [2.05, 4.69) is 28.2 Å². The van der Waals surface area contributed by atoms with Crippen LogP contribution < -0.4 is 5.32 Å². The van der Waals surface area contributed by atoms with Crippen molar-refractivity contribution in [2.75, 3.05) is 13.7 Å². The second-order valence-electron chi connectivity index (χ2n) is 8.35. The Balaban J connectivity index is 1.45. The molecule has 3 aromatic rings. The number of pyridine rings is 1. The molecule has 7 heteroatoms. The van der Waals surface area contributed by atoms with Crippen LogP contribution >= 0.6 is 0 Å². The van der Waals surface area contributed by atoms with Crippen LogP contribution in [-0.4, -0.2) is 30.6 Å². The molecule has 1 atom stereocenters. The highest BCUT2D eigenvalue weighted by Crippen LogP contribution is 2.32. The summed E-state index contributed by atoms with van der Waals surface area (Å²) in [7, 11) is 1.34. The monoisotopic (exact) mass is 465 g/mol. The van der Waals surface area contributed by atoms with Gasteiger partial charge in [-0.15, -0.1) is 0 Å². The first-order chi connectivity index (χ1) is 16.9. The maximum Gasteiger partial charge on any atom is 0.337 e. The lowest BCUT2D eigenvalue weighted by Crippen LogP contribution is -2.33. The Morgan fingerprint density at radius 1 is 1.11 bits per heavy atom. The second-order valence-corrected chi connectivity index (χ2v) is 8.35. The van der Waals surface area contributed by atoms with Crippen LogP contribution in [0.3, 0.4) is 0 Å². The molecule has 1 aliphatic rings. The molecule has 0 bridgehead atoms. The SMILES string of the molecule is COC(=O)c1cccc(C#Cc2ccnc(CNC(=O)c3ccc4c(c3)[C@](C)(C#N)COC4)c2)c1. The number of carbonyl (C=O) groups is 2. The van der Waals surface area contributed by atoms with Crippen LogP contribution in [-0.2, 0) is 28.0 Å². The molecule has 1 amide bonds. The summed E-state index contributed by atoms with van der Waals surface area (Å²) in [6, 6.07) is 18.1. The third kappa shape index (κ3) is 5.38. The lowest BCUT2D eigenvalue weighted by Gasteiger charge is -2.30. The number of nitriles is 1. The summed E-state index contributed by atoms with van der Waals surface area (Å²) in [5.41, 5.74) is 3.94. The molecule has 0 unspecified atom stereocenters. The summed E-state index contributed by atoms with van der Waals surface area (Å²) in [6.45, 7) is 2.77. The van der Waals surface area contributed by atoms with Crippen molar-refractivity contribution in [2.24, 2.45) is 0 Å². The Kier molecular flexibility index (Phi) is 6.91. The third-order valence-electron chi connectivity index (χ3n) is 5.74. The smallest absolute Gasteiger partial charge is 0.337 e. The number of aromatic nitrogens is 1. The Labute approximate surface area is 203 Å². The molecule has 1 aliphatic heterocycles. The number of nitrogens with one attached hydrogen (secondary N) is 1. The van der Waals surface area contributed by atoms with E-state index in [0.29, 0.717) is 35.6 Å². The number of fused-ring (bicyclic) bond motifs is 1. The van der Waals surface area contributed by atoms with Gasteiger partial charge in [0.2, 0.25) is 0 Å². The summed E-state index contributed by atoms with van der Waals surface area (Å²) in [5, 5.41) is 12.5. The molecule has 2 aromatic carbocycles. The van der Waals surface area contributed by atoms with E-state index in [9.17, 15) is 14.9 Å². The van der Waals surface area contributed by atoms with E-state index < -0.39 is 11.4 Å². The van der Waals surface area contributed by atoms with Crippen LogP contribution in [0.5, 0.6) is 0 Å². The van der Waals surface area contributed by atoms with Gasteiger partial charge in [0.25, 0.3) is 5.91 Å². The van der Waals surface area contributed by atoms with E-state index in [4.69, 9.17) is 9.47 Å². The predicted molar refractivity (Wildman–Crippen MR) is 128 cm³/mol. The third-order valence-corrected chi connectivity index (χ3v) is 5.74. The van der Waals surface area contributed by atoms with Gasteiger partial charge in [-0.3, -0.25) is 9.78 Å². The zero-order chi connectivity index (χ0) is 24.8. The Morgan fingerprint density at radius 3 is 2.69 bits per heavy atom. The normalized spacial score (nSPS) is 16.1. The minimum atomic E-state index is -0.783. The fourth-order valence-electron chi connectivity index (χ4n) is 3.80. The molecule has 0 radical (unpaired) electrons. The van der Waals surface area contributed by atoms with E-state index in [1.807, 2.05) is 19.1 Å². The summed E-state index contributed by atoms with van der Waals surface area (Å²) in [5.74, 6) is 5.42. The van der Waals surface area contributed by atoms with E-state index in [1.165, 1.54) is 7.11 Å². The first-order valence-electron chi connectivity index (χ1n) is 11.0. The highest BCUT2D eigenvalue weighted by atomic mass is 16.5. The Bertz CT molecular complexity index is 1400. The van der Waals surface area contributed by atoms with Gasteiger partial charge in [-0.2, -0.15) is 5.26 Å². The summed E-state index contributed by atoms with van der Waals surface area (Å²) < 4.78 is 10.3. The van der Waals surface area contributed by atoms with Crippen LogP contribution in [0.4, 0.5) is 0 Å². The van der Waals surface area contributed by atoms with Gasteiger partial charge >= 0.3 is 5.97 Å². The zero-order valence-electron chi connectivity index (χ0n) is 19.4. The van der Waals surface area contributed by atoms with Gasteiger partial charge in [-0.1, -0.05) is 24.0 Å². The van der Waals surface area contributed by atoms with Crippen molar-refractivity contribution in [1.82, 2.24) is 10.3 Å². The zero-order valence-corrected chi connectivity index (χ0v) is 19.4. The first kappa shape index (κ1) is 23.7. The van der Waals surface area contributed by atoms with Crippen molar-refractivity contribution < 1.29 is 19.1 Å². The standard InChI is InChI=1S/C28H23N3O4/c1-28(17-29)18-35-16-23-9-8-21(14-25(23)28)26(32)31-15-24-13-20(10-11-30-24)7-6-19-4-3-5-22(12-19)27(33)34-2/h3-5,8-14H,15-16,18H2,1-2H3,(H,31,32)/t28-/m1/s1. The number of hydrogen-bond donors (Lipinski definition) is 1. The average molecular weight is 466 g/mol. The van der Waals surface area contributed by atoms with Crippen LogP contribution in [0, 0.1) is 23.2 Å². The largest absolute Gasteiger partial charge is 0.465 e. The van der Waals surface area contributed by atoms with Crippen molar-refractivity contribution in [3.8, 4) is 17.9 Å². The van der Waals surface area contributed by atoms with Gasteiger partial charge in [-0.25, -0.2) is 4.79 Å². The quantitative estimate of drug-likeness (QED) is 0.467. The number of methoxy groups -OCH3 is 1. The number of hydrogen-bond acceptors (Lipinski definition) is 6. The van der Waals surface area contributed by atoms with Gasteiger partial charge in [0.05, 0.1) is 44.2 Å². The number of carbonyl (C=O) groups excluding carboxylic acids is 2. The van der Waals surface area contributed by atoms with Crippen molar-refractivity contribution in [1.29, 1.82) is 5.26 Å². The summed E-state index contributed by atoms with van der Waals surface area (Å²) >= 11 is 0. The first-order valence-corrected chi connectivity index (χ1v) is 11.0. The molecule has 174 valence electrons. The fourth-order valence-corrected chi connectivity index (χ4v) is 3.80. The van der Waals surface area contributed by atoms with Crippen molar-refractivity contribution in [2.45, 2.75) is 25.5 Å². The van der Waals surface area contributed by atoms with Crippen molar-refractivity contribution in [3.63, 3.8) is 0 Å². The molecule has 2 heterocycles. The molecule has 4 rings (SSSR count). The second kappa shape index (κ2) is 10.2. The van der Waals surface area contributed by atoms with Gasteiger partial charge in [0.15, 0.2) is 0 Å². The van der Waals surface area contributed by atoms with E-state index in [-0.39, 0.29) is 12.5 Å². The number of rotatable bonds is 4. The van der Waals surface area contributed by atoms with Crippen LogP contribution in [0.2, 0.25) is 0 Å². The van der Waals surface area contributed by atoms with Crippen LogP contribution in [0.15, 0.2) is 60.8 Å². The number of ether oxygens (including phenoxy) is 2. The molecule has 1 aromatic heterocycles. The number of esters is 1. The maximum atomic E-state index is 12.8. The van der Waals surface area contributed by atoms with Gasteiger partial charge < -0.3 is 14.8 Å². The maximum absolute atomic E-state index is 12.8. The van der Waals surface area contributed by atoms with Gasteiger partial charge in [0, 0.05) is 22.9 Å². The molecule has 35 heavy (non-hydrogen) atoms. The summed E-state index contributed by atoms with van der Waals surface area (Å²) in [4.78, 5) is 28.8. The summed E-state index contributed by atoms with van der Waals surface area (Å²) in [6.07, 6.45) is 1.63. The molecule has 0 saturated carbocycles. The minimum absolute atomic E-state index is 0.224. The molecule has 0 aliphatic carbocycles. The highest BCUT2D eigenvalue weighted by molar-refractivity contribution is 5.94. The molecule has 1 N–H and O–H groups in total. The van der Waals surface area contributed by atoms with E-state index in [0.717, 1.165) is 16.7 Å². The van der Waals surface area contributed by atoms with Crippen molar-refractivity contribution in [3.05, 3.63) is 99.9 Å². The minimum Gasteiger partial charge on any atom is -0.465 e. The molecular formula is C28H23N3O4. The highest BCUT2D eigenvalue weighted by Gasteiger charge is 2.33. The van der Waals surface area contributed by atoms with Crippen LogP contribution in [0.25, 0.3) is 0 Å². The Hall–Kier alpha value is -4.46. The number of amides is 1. The molecule has 0 fully saturated rings. The number of benzene rings is 2. The molecule has 0 saturated heterocycles. The molecular weight excluding hydrogens is 442 g/mol. The lowest BCUT2D eigenvalue weighted by molar-refractivity contribution is 0.0600. The van der Waals surface area contributed by atoms with Crippen LogP contribution in [0.1, 0.15) is 55.6 Å². The lowest BCUT2D eigenvalue weighted by atomic mass is 9.79. The van der Waals surface area contributed by atoms with Gasteiger partial charge in [-0.05, 0) is 60.5 Å². The van der Waals surface area contributed by atoms with E-state index in [1.54, 1.807) is 48.7 Å². The van der Waals surface area contributed by atoms with Crippen molar-refractivity contribution >= 4 is 11.9 Å². The number of nitrogens with zero attached hydrogens (tertiary/aromatic N) is 2. The fraction of sp³-hybridized carbons (Fsp3) is 0.214. The van der Waals surface area contributed by atoms with E-state index >= 15 is 0 Å². The van der Waals surface area contributed by atoms with Gasteiger partial charge in [0.1, 0.15) is 5.41 Å². The topological polar surface area (TPSA) is 101 Å². The predicted octanol–water partition coefficient (Wildman–Crippen LogP) is 3.51. The molecule has 0 spiro atoms. The average Bonchev–Trinajstić information content (AvgIpc) is 2.90. The molecule has 7 nitrogen and oxygen atoms in total.